The molecule has 2 rings (SSSR count). The van der Waals surface area contributed by atoms with Gasteiger partial charge in [0.2, 0.25) is 0 Å². The second kappa shape index (κ2) is 4.31. The van der Waals surface area contributed by atoms with E-state index < -0.39 is 0 Å². The van der Waals surface area contributed by atoms with Gasteiger partial charge in [0, 0.05) is 6.54 Å². The van der Waals surface area contributed by atoms with Gasteiger partial charge in [-0.1, -0.05) is 24.3 Å². The van der Waals surface area contributed by atoms with Crippen LogP contribution in [0.4, 0.5) is 0 Å². The number of benzene rings is 1. The van der Waals surface area contributed by atoms with E-state index in [9.17, 15) is 9.59 Å². The molecule has 2 amide bonds. The molecule has 0 saturated heterocycles. The molecule has 0 aliphatic carbocycles. The molecule has 3 nitrogen and oxygen atoms in total. The lowest BCUT2D eigenvalue weighted by Crippen LogP contribution is -2.30. The van der Waals surface area contributed by atoms with Crippen LogP contribution in [0.5, 0.6) is 0 Å². The zero-order valence-corrected chi connectivity index (χ0v) is 9.14. The highest BCUT2D eigenvalue weighted by atomic mass is 16.2. The molecule has 1 aliphatic heterocycles. The Hall–Kier alpha value is -1.90. The van der Waals surface area contributed by atoms with Crippen LogP contribution in [-0.2, 0) is 0 Å². The molecule has 0 atom stereocenters. The van der Waals surface area contributed by atoms with Gasteiger partial charge in [-0.15, -0.1) is 0 Å². The first-order chi connectivity index (χ1) is 7.75. The zero-order valence-electron chi connectivity index (χ0n) is 9.14. The fourth-order valence-electron chi connectivity index (χ4n) is 1.81. The van der Waals surface area contributed by atoms with Crippen molar-refractivity contribution in [1.29, 1.82) is 0 Å². The summed E-state index contributed by atoms with van der Waals surface area (Å²) >= 11 is 0. The maximum Gasteiger partial charge on any atom is 0.261 e. The van der Waals surface area contributed by atoms with Gasteiger partial charge in [0.15, 0.2) is 0 Å². The van der Waals surface area contributed by atoms with E-state index in [2.05, 4.69) is 0 Å². The minimum atomic E-state index is -0.176. The van der Waals surface area contributed by atoms with E-state index >= 15 is 0 Å². The molecule has 0 aromatic heterocycles. The Balaban J connectivity index is 2.21. The molecule has 0 saturated carbocycles. The number of imide groups is 1. The van der Waals surface area contributed by atoms with Crippen molar-refractivity contribution >= 4 is 11.8 Å². The number of carbonyl (C=O) groups excluding carboxylic acids is 2. The third kappa shape index (κ3) is 1.65. The molecule has 1 heterocycles. The average Bonchev–Trinajstić information content (AvgIpc) is 2.55. The number of amides is 2. The van der Waals surface area contributed by atoms with E-state index in [-0.39, 0.29) is 11.8 Å². The third-order valence-corrected chi connectivity index (χ3v) is 2.63. The van der Waals surface area contributed by atoms with Gasteiger partial charge in [0.1, 0.15) is 0 Å². The van der Waals surface area contributed by atoms with Gasteiger partial charge in [0.25, 0.3) is 11.8 Å². The molecule has 82 valence electrons. The zero-order chi connectivity index (χ0) is 11.5. The molecule has 1 aromatic carbocycles. The summed E-state index contributed by atoms with van der Waals surface area (Å²) in [5.74, 6) is -0.352. The van der Waals surface area contributed by atoms with Crippen molar-refractivity contribution in [2.24, 2.45) is 0 Å². The molecule has 3 heteroatoms. The van der Waals surface area contributed by atoms with Gasteiger partial charge in [-0.3, -0.25) is 14.5 Å². The molecule has 1 aliphatic rings. The van der Waals surface area contributed by atoms with Crippen LogP contribution in [0.15, 0.2) is 36.4 Å². The van der Waals surface area contributed by atoms with E-state index in [0.29, 0.717) is 24.1 Å². The van der Waals surface area contributed by atoms with Crippen LogP contribution in [0.1, 0.15) is 34.1 Å². The molecule has 0 spiro atoms. The molecule has 0 fully saturated rings. The predicted octanol–water partition coefficient (Wildman–Crippen LogP) is 2.25. The van der Waals surface area contributed by atoms with Gasteiger partial charge in [0.05, 0.1) is 11.1 Å². The molecule has 0 unspecified atom stereocenters. The Labute approximate surface area is 94.4 Å². The Morgan fingerprint density at radius 3 is 2.19 bits per heavy atom. The first-order valence-corrected chi connectivity index (χ1v) is 5.32. The SMILES string of the molecule is CC=CCCN1C(=O)c2ccccc2C1=O. The summed E-state index contributed by atoms with van der Waals surface area (Å²) in [5.41, 5.74) is 1.04. The second-order valence-corrected chi connectivity index (χ2v) is 3.67. The smallest absolute Gasteiger partial charge is 0.261 e. The van der Waals surface area contributed by atoms with Crippen LogP contribution >= 0.6 is 0 Å². The van der Waals surface area contributed by atoms with Crippen molar-refractivity contribution in [1.82, 2.24) is 4.90 Å². The van der Waals surface area contributed by atoms with Gasteiger partial charge >= 0.3 is 0 Å². The lowest BCUT2D eigenvalue weighted by Gasteiger charge is -2.11. The van der Waals surface area contributed by atoms with Crippen molar-refractivity contribution in [2.45, 2.75) is 13.3 Å². The van der Waals surface area contributed by atoms with Crippen LogP contribution in [0, 0.1) is 0 Å². The summed E-state index contributed by atoms with van der Waals surface area (Å²) < 4.78 is 0. The van der Waals surface area contributed by atoms with Crippen LogP contribution in [0.25, 0.3) is 0 Å². The minimum absolute atomic E-state index is 0.176. The molecular weight excluding hydrogens is 202 g/mol. The second-order valence-electron chi connectivity index (χ2n) is 3.67. The number of hydrogen-bond donors (Lipinski definition) is 0. The van der Waals surface area contributed by atoms with Gasteiger partial charge in [-0.05, 0) is 25.5 Å². The van der Waals surface area contributed by atoms with Gasteiger partial charge < -0.3 is 0 Å². The average molecular weight is 215 g/mol. The highest BCUT2D eigenvalue weighted by Gasteiger charge is 2.34. The standard InChI is InChI=1S/C13H13NO2/c1-2-3-6-9-14-12(15)10-7-4-5-8-11(10)13(14)16/h2-5,7-8H,6,9H2,1H3. The fraction of sp³-hybridized carbons (Fsp3) is 0.231. The maximum absolute atomic E-state index is 11.9. The summed E-state index contributed by atoms with van der Waals surface area (Å²) in [7, 11) is 0. The maximum atomic E-state index is 11.9. The van der Waals surface area contributed by atoms with E-state index in [4.69, 9.17) is 0 Å². The number of hydrogen-bond acceptors (Lipinski definition) is 2. The highest BCUT2D eigenvalue weighted by Crippen LogP contribution is 2.22. The number of fused-ring (bicyclic) bond motifs is 1. The first-order valence-electron chi connectivity index (χ1n) is 5.32. The van der Waals surface area contributed by atoms with Crippen LogP contribution in [0.2, 0.25) is 0 Å². The fourth-order valence-corrected chi connectivity index (χ4v) is 1.81. The molecule has 16 heavy (non-hydrogen) atoms. The Morgan fingerprint density at radius 1 is 1.12 bits per heavy atom. The van der Waals surface area contributed by atoms with E-state index in [1.54, 1.807) is 24.3 Å². The minimum Gasteiger partial charge on any atom is -0.274 e. The summed E-state index contributed by atoms with van der Waals surface area (Å²) in [6.45, 7) is 2.37. The van der Waals surface area contributed by atoms with Crippen molar-refractivity contribution in [3.8, 4) is 0 Å². The highest BCUT2D eigenvalue weighted by molar-refractivity contribution is 6.21. The quantitative estimate of drug-likeness (QED) is 0.573. The topological polar surface area (TPSA) is 37.4 Å². The van der Waals surface area contributed by atoms with Crippen LogP contribution < -0.4 is 0 Å². The summed E-state index contributed by atoms with van der Waals surface area (Å²) in [5, 5.41) is 0. The molecule has 1 aromatic rings. The summed E-state index contributed by atoms with van der Waals surface area (Å²) in [6, 6.07) is 6.95. The number of carbonyl (C=O) groups is 2. The van der Waals surface area contributed by atoms with Crippen LogP contribution in [0.3, 0.4) is 0 Å². The Bertz CT molecular complexity index is 428. The summed E-state index contributed by atoms with van der Waals surface area (Å²) in [4.78, 5) is 25.1. The van der Waals surface area contributed by atoms with E-state index in [0.717, 1.165) is 0 Å². The van der Waals surface area contributed by atoms with Crippen molar-refractivity contribution < 1.29 is 9.59 Å². The van der Waals surface area contributed by atoms with Crippen LogP contribution in [-0.4, -0.2) is 23.3 Å². The number of rotatable bonds is 3. The van der Waals surface area contributed by atoms with Gasteiger partial charge in [-0.2, -0.15) is 0 Å². The third-order valence-electron chi connectivity index (χ3n) is 2.63. The lowest BCUT2D eigenvalue weighted by molar-refractivity contribution is 0.0657. The molecule has 0 radical (unpaired) electrons. The largest absolute Gasteiger partial charge is 0.274 e. The summed E-state index contributed by atoms with van der Waals surface area (Å²) in [6.07, 6.45) is 4.57. The lowest BCUT2D eigenvalue weighted by atomic mass is 10.1. The van der Waals surface area contributed by atoms with Crippen molar-refractivity contribution in [3.63, 3.8) is 0 Å². The van der Waals surface area contributed by atoms with Crippen molar-refractivity contribution in [2.75, 3.05) is 6.54 Å². The number of nitrogens with zero attached hydrogens (tertiary/aromatic N) is 1. The molecule has 0 N–H and O–H groups in total. The van der Waals surface area contributed by atoms with E-state index in [1.165, 1.54) is 4.90 Å². The van der Waals surface area contributed by atoms with Crippen molar-refractivity contribution in [3.05, 3.63) is 47.5 Å². The Morgan fingerprint density at radius 2 is 1.69 bits per heavy atom. The Kier molecular flexibility index (Phi) is 2.86. The predicted molar refractivity (Wildman–Crippen MR) is 61.2 cm³/mol. The first kappa shape index (κ1) is 10.6. The van der Waals surface area contributed by atoms with E-state index in [1.807, 2.05) is 19.1 Å². The number of allylic oxidation sites excluding steroid dienone is 1. The van der Waals surface area contributed by atoms with Gasteiger partial charge in [-0.25, -0.2) is 0 Å². The molecule has 0 bridgehead atoms. The normalized spacial score (nSPS) is 14.9. The monoisotopic (exact) mass is 215 g/mol. The molecular formula is C13H13NO2.